The van der Waals surface area contributed by atoms with Gasteiger partial charge in [0.15, 0.2) is 5.60 Å². The van der Waals surface area contributed by atoms with E-state index in [-0.39, 0.29) is 37.3 Å². The molecule has 0 bridgehead atoms. The van der Waals surface area contributed by atoms with Crippen LogP contribution in [0, 0.1) is 0 Å². The molecule has 2 rings (SSSR count). The lowest BCUT2D eigenvalue weighted by Crippen LogP contribution is -2.51. The second kappa shape index (κ2) is 6.08. The van der Waals surface area contributed by atoms with E-state index in [0.717, 1.165) is 5.56 Å². The van der Waals surface area contributed by atoms with Gasteiger partial charge in [-0.05, 0) is 11.0 Å². The van der Waals surface area contributed by atoms with Crippen molar-refractivity contribution in [3.63, 3.8) is 0 Å². The first-order chi connectivity index (χ1) is 10.2. The first kappa shape index (κ1) is 16.5. The molecule has 2 N–H and O–H groups in total. The Hall–Kier alpha value is -1.88. The van der Waals surface area contributed by atoms with E-state index < -0.39 is 11.6 Å². The molecule has 1 heterocycles. The zero-order valence-electron chi connectivity index (χ0n) is 13.1. The highest BCUT2D eigenvalue weighted by Crippen LogP contribution is 2.29. The number of aliphatic hydroxyl groups is 1. The van der Waals surface area contributed by atoms with Crippen molar-refractivity contribution >= 4 is 11.9 Å². The van der Waals surface area contributed by atoms with Gasteiger partial charge in [-0.3, -0.25) is 4.79 Å². The number of benzene rings is 1. The maximum absolute atomic E-state index is 12.5. The molecule has 1 saturated heterocycles. The highest BCUT2D eigenvalue weighted by molar-refractivity contribution is 5.80. The molecule has 1 aliphatic heterocycles. The second-order valence-corrected chi connectivity index (χ2v) is 6.64. The Balaban J connectivity index is 1.98. The summed E-state index contributed by atoms with van der Waals surface area (Å²) in [7, 11) is 0. The summed E-state index contributed by atoms with van der Waals surface area (Å²) < 4.78 is 0. The van der Waals surface area contributed by atoms with Gasteiger partial charge in [0.2, 0.25) is 5.91 Å². The van der Waals surface area contributed by atoms with Crippen molar-refractivity contribution in [3.8, 4) is 0 Å². The zero-order valence-corrected chi connectivity index (χ0v) is 13.1. The number of hydrogen-bond acceptors (Lipinski definition) is 3. The van der Waals surface area contributed by atoms with Crippen LogP contribution in [0.3, 0.4) is 0 Å². The Bertz CT molecular complexity index is 545. The van der Waals surface area contributed by atoms with Crippen LogP contribution in [0.2, 0.25) is 0 Å². The van der Waals surface area contributed by atoms with E-state index in [1.807, 2.05) is 44.2 Å². The van der Waals surface area contributed by atoms with E-state index in [0.29, 0.717) is 6.42 Å². The van der Waals surface area contributed by atoms with Crippen LogP contribution in [0.25, 0.3) is 0 Å². The fourth-order valence-electron chi connectivity index (χ4n) is 2.82. The van der Waals surface area contributed by atoms with Crippen LogP contribution in [0.5, 0.6) is 0 Å². The minimum Gasteiger partial charge on any atom is -0.479 e. The summed E-state index contributed by atoms with van der Waals surface area (Å²) in [5.41, 5.74) is -0.868. The number of amides is 1. The van der Waals surface area contributed by atoms with Gasteiger partial charge < -0.3 is 15.1 Å². The average Bonchev–Trinajstić information content (AvgIpc) is 2.48. The molecule has 1 fully saturated rings. The number of carbonyl (C=O) groups excluding carboxylic acids is 1. The van der Waals surface area contributed by atoms with Crippen molar-refractivity contribution < 1.29 is 19.8 Å². The molecule has 120 valence electrons. The fraction of sp³-hybridized carbons (Fsp3) is 0.529. The van der Waals surface area contributed by atoms with Crippen LogP contribution in [-0.2, 0) is 15.0 Å². The maximum atomic E-state index is 12.5. The first-order valence-corrected chi connectivity index (χ1v) is 7.54. The summed E-state index contributed by atoms with van der Waals surface area (Å²) in [4.78, 5) is 25.1. The van der Waals surface area contributed by atoms with Gasteiger partial charge in [0.25, 0.3) is 0 Å². The van der Waals surface area contributed by atoms with E-state index in [2.05, 4.69) is 0 Å². The number of piperidine rings is 1. The van der Waals surface area contributed by atoms with Crippen LogP contribution >= 0.6 is 0 Å². The molecule has 5 heteroatoms. The van der Waals surface area contributed by atoms with Crippen molar-refractivity contribution in [1.82, 2.24) is 4.90 Å². The molecule has 1 amide bonds. The number of nitrogens with zero attached hydrogens (tertiary/aromatic N) is 1. The predicted molar refractivity (Wildman–Crippen MR) is 82.5 cm³/mol. The second-order valence-electron chi connectivity index (χ2n) is 6.64. The lowest BCUT2D eigenvalue weighted by atomic mass is 9.81. The summed E-state index contributed by atoms with van der Waals surface area (Å²) >= 11 is 0. The molecule has 0 saturated carbocycles. The Morgan fingerprint density at radius 3 is 2.23 bits per heavy atom. The minimum absolute atomic E-state index is 0.00120. The number of aliphatic carboxylic acids is 1. The molecule has 1 aliphatic rings. The van der Waals surface area contributed by atoms with E-state index in [1.54, 1.807) is 4.90 Å². The molecule has 5 nitrogen and oxygen atoms in total. The Labute approximate surface area is 130 Å². The average molecular weight is 305 g/mol. The van der Waals surface area contributed by atoms with E-state index in [4.69, 9.17) is 5.11 Å². The number of likely N-dealkylation sites (tertiary alicyclic amines) is 1. The molecular weight excluding hydrogens is 282 g/mol. The number of rotatable bonds is 4. The maximum Gasteiger partial charge on any atom is 0.335 e. The van der Waals surface area contributed by atoms with Gasteiger partial charge in [0, 0.05) is 32.4 Å². The van der Waals surface area contributed by atoms with E-state index in [1.165, 1.54) is 0 Å². The molecule has 22 heavy (non-hydrogen) atoms. The third kappa shape index (κ3) is 3.47. The Morgan fingerprint density at radius 1 is 1.18 bits per heavy atom. The first-order valence-electron chi connectivity index (χ1n) is 7.54. The van der Waals surface area contributed by atoms with Crippen molar-refractivity contribution in [2.24, 2.45) is 0 Å². The van der Waals surface area contributed by atoms with Crippen molar-refractivity contribution in [2.75, 3.05) is 13.1 Å². The molecular formula is C17H23NO4. The van der Waals surface area contributed by atoms with Gasteiger partial charge in [0.1, 0.15) is 0 Å². The van der Waals surface area contributed by atoms with Crippen molar-refractivity contribution in [2.45, 2.75) is 44.1 Å². The van der Waals surface area contributed by atoms with Gasteiger partial charge >= 0.3 is 5.97 Å². The number of carbonyl (C=O) groups is 2. The monoisotopic (exact) mass is 305 g/mol. The Kier molecular flexibility index (Phi) is 4.56. The molecule has 0 spiro atoms. The quantitative estimate of drug-likeness (QED) is 0.889. The number of carboxylic acids is 1. The third-order valence-corrected chi connectivity index (χ3v) is 4.49. The summed E-state index contributed by atoms with van der Waals surface area (Å²) in [6.07, 6.45) is 0.530. The van der Waals surface area contributed by atoms with Crippen LogP contribution < -0.4 is 0 Å². The zero-order chi connectivity index (χ0) is 16.4. The van der Waals surface area contributed by atoms with Crippen LogP contribution in [0.15, 0.2) is 30.3 Å². The lowest BCUT2D eigenvalue weighted by Gasteiger charge is -2.37. The molecule has 0 unspecified atom stereocenters. The van der Waals surface area contributed by atoms with Crippen LogP contribution in [0.4, 0.5) is 0 Å². The van der Waals surface area contributed by atoms with Crippen molar-refractivity contribution in [1.29, 1.82) is 0 Å². The smallest absolute Gasteiger partial charge is 0.335 e. The molecule has 0 aliphatic carbocycles. The summed E-state index contributed by atoms with van der Waals surface area (Å²) in [6, 6.07) is 9.86. The molecule has 0 aromatic heterocycles. The highest BCUT2D eigenvalue weighted by atomic mass is 16.4. The SMILES string of the molecule is CC(C)(CC(=O)N1CCC(O)(C(=O)O)CC1)c1ccccc1. The molecule has 0 radical (unpaired) electrons. The normalized spacial score (nSPS) is 18.0. The van der Waals surface area contributed by atoms with Crippen LogP contribution in [0.1, 0.15) is 38.7 Å². The van der Waals surface area contributed by atoms with Gasteiger partial charge in [-0.1, -0.05) is 44.2 Å². The predicted octanol–water partition coefficient (Wildman–Crippen LogP) is 1.79. The topological polar surface area (TPSA) is 77.8 Å². The summed E-state index contributed by atoms with van der Waals surface area (Å²) in [5, 5.41) is 18.9. The largest absolute Gasteiger partial charge is 0.479 e. The Morgan fingerprint density at radius 2 is 1.73 bits per heavy atom. The van der Waals surface area contributed by atoms with Gasteiger partial charge in [0.05, 0.1) is 0 Å². The number of carboxylic acid groups (broad SMARTS) is 1. The summed E-state index contributed by atoms with van der Waals surface area (Å²) in [6.45, 7) is 4.62. The van der Waals surface area contributed by atoms with Gasteiger partial charge in [-0.25, -0.2) is 4.79 Å². The standard InChI is InChI=1S/C17H23NO4/c1-16(2,13-6-4-3-5-7-13)12-14(19)18-10-8-17(22,9-11-18)15(20)21/h3-7,22H,8-12H2,1-2H3,(H,20,21). The molecule has 1 aromatic carbocycles. The van der Waals surface area contributed by atoms with Gasteiger partial charge in [-0.15, -0.1) is 0 Å². The van der Waals surface area contributed by atoms with Crippen LogP contribution in [-0.4, -0.2) is 45.7 Å². The van der Waals surface area contributed by atoms with Crippen molar-refractivity contribution in [3.05, 3.63) is 35.9 Å². The number of hydrogen-bond donors (Lipinski definition) is 2. The van der Waals surface area contributed by atoms with E-state index >= 15 is 0 Å². The molecule has 1 aromatic rings. The fourth-order valence-corrected chi connectivity index (χ4v) is 2.82. The minimum atomic E-state index is -1.69. The highest BCUT2D eigenvalue weighted by Gasteiger charge is 2.41. The lowest BCUT2D eigenvalue weighted by molar-refractivity contribution is -0.165. The molecule has 0 atom stereocenters. The van der Waals surface area contributed by atoms with E-state index in [9.17, 15) is 14.7 Å². The summed E-state index contributed by atoms with van der Waals surface area (Å²) in [5.74, 6) is -1.20. The van der Waals surface area contributed by atoms with Gasteiger partial charge in [-0.2, -0.15) is 0 Å². The third-order valence-electron chi connectivity index (χ3n) is 4.49.